The Morgan fingerprint density at radius 2 is 1.84 bits per heavy atom. The van der Waals surface area contributed by atoms with Crippen LogP contribution in [0.1, 0.15) is 26.2 Å². The monoisotopic (exact) mass is 418 g/mol. The van der Waals surface area contributed by atoms with Crippen molar-refractivity contribution in [3.05, 3.63) is 60.9 Å². The van der Waals surface area contributed by atoms with E-state index in [4.69, 9.17) is 4.74 Å². The summed E-state index contributed by atoms with van der Waals surface area (Å²) in [5.74, 6) is -0.138. The first-order valence-corrected chi connectivity index (χ1v) is 10.7. The number of esters is 1. The Hall–Kier alpha value is -3.48. The summed E-state index contributed by atoms with van der Waals surface area (Å²) >= 11 is 0. The largest absolute Gasteiger partial charge is 0.454 e. The normalized spacial score (nSPS) is 16.2. The molecule has 1 aliphatic rings. The zero-order chi connectivity index (χ0) is 21.6. The van der Waals surface area contributed by atoms with E-state index in [0.29, 0.717) is 25.5 Å². The molecular weight excluding hydrogens is 392 g/mol. The number of aromatic nitrogens is 2. The highest BCUT2D eigenvalue weighted by Gasteiger charge is 2.32. The van der Waals surface area contributed by atoms with E-state index in [2.05, 4.69) is 9.97 Å². The number of benzene rings is 2. The smallest absolute Gasteiger partial charge is 0.329 e. The number of amides is 1. The van der Waals surface area contributed by atoms with Gasteiger partial charge in [-0.15, -0.1) is 0 Å². The van der Waals surface area contributed by atoms with Gasteiger partial charge in [-0.25, -0.2) is 14.8 Å². The molecule has 0 bridgehead atoms. The molecule has 1 aromatic heterocycles. The van der Waals surface area contributed by atoms with Crippen LogP contribution in [0, 0.1) is 0 Å². The van der Waals surface area contributed by atoms with E-state index in [1.54, 1.807) is 23.4 Å². The van der Waals surface area contributed by atoms with Gasteiger partial charge in [0.1, 0.15) is 6.04 Å². The molecule has 0 aliphatic carbocycles. The van der Waals surface area contributed by atoms with Crippen LogP contribution in [0.15, 0.2) is 60.9 Å². The van der Waals surface area contributed by atoms with E-state index in [0.717, 1.165) is 29.3 Å². The molecule has 160 valence electrons. The number of likely N-dealkylation sites (N-methyl/N-ethyl adjacent to an activating group) is 1. The number of anilines is 2. The minimum atomic E-state index is -0.475. The Kier molecular flexibility index (Phi) is 6.40. The van der Waals surface area contributed by atoms with Crippen LogP contribution in [0.3, 0.4) is 0 Å². The van der Waals surface area contributed by atoms with E-state index in [1.807, 2.05) is 54.3 Å². The summed E-state index contributed by atoms with van der Waals surface area (Å²) in [5, 5.41) is 2.05. The van der Waals surface area contributed by atoms with E-state index in [9.17, 15) is 9.59 Å². The van der Waals surface area contributed by atoms with Gasteiger partial charge in [0, 0.05) is 30.9 Å². The first-order valence-electron chi connectivity index (χ1n) is 10.7. The highest BCUT2D eigenvalue weighted by atomic mass is 16.5. The molecule has 0 radical (unpaired) electrons. The van der Waals surface area contributed by atoms with E-state index in [1.165, 1.54) is 0 Å². The van der Waals surface area contributed by atoms with Gasteiger partial charge in [-0.1, -0.05) is 36.4 Å². The maximum Gasteiger partial charge on any atom is 0.329 e. The SMILES string of the molecule is CCN(C(=O)COC(=O)C1CCCCN1c1ncccn1)c1cccc2ccccc12. The third-order valence-corrected chi connectivity index (χ3v) is 5.60. The molecule has 3 aromatic rings. The summed E-state index contributed by atoms with van der Waals surface area (Å²) in [7, 11) is 0. The summed E-state index contributed by atoms with van der Waals surface area (Å²) in [5.41, 5.74) is 0.818. The molecule has 1 unspecified atom stereocenters. The van der Waals surface area contributed by atoms with Crippen LogP contribution in [-0.2, 0) is 14.3 Å². The number of fused-ring (bicyclic) bond motifs is 1. The molecular formula is C24H26N4O3. The molecule has 1 atom stereocenters. The minimum absolute atomic E-state index is 0.245. The van der Waals surface area contributed by atoms with Crippen molar-refractivity contribution in [1.29, 1.82) is 0 Å². The van der Waals surface area contributed by atoms with Crippen molar-refractivity contribution >= 4 is 34.3 Å². The summed E-state index contributed by atoms with van der Waals surface area (Å²) in [6.45, 7) is 2.79. The molecule has 0 saturated carbocycles. The van der Waals surface area contributed by atoms with Gasteiger partial charge in [0.2, 0.25) is 5.95 Å². The second kappa shape index (κ2) is 9.55. The average molecular weight is 418 g/mol. The lowest BCUT2D eigenvalue weighted by atomic mass is 10.0. The van der Waals surface area contributed by atoms with Crippen molar-refractivity contribution in [2.24, 2.45) is 0 Å². The fourth-order valence-electron chi connectivity index (χ4n) is 4.09. The van der Waals surface area contributed by atoms with Crippen LogP contribution in [0.4, 0.5) is 11.6 Å². The number of rotatable bonds is 6. The number of hydrogen-bond acceptors (Lipinski definition) is 6. The second-order valence-electron chi connectivity index (χ2n) is 7.50. The van der Waals surface area contributed by atoms with Gasteiger partial charge < -0.3 is 14.5 Å². The summed E-state index contributed by atoms with van der Waals surface area (Å²) < 4.78 is 5.48. The predicted octanol–water partition coefficient (Wildman–Crippen LogP) is 3.59. The molecule has 7 heteroatoms. The van der Waals surface area contributed by atoms with Crippen LogP contribution in [0.25, 0.3) is 10.8 Å². The van der Waals surface area contributed by atoms with Crippen molar-refractivity contribution < 1.29 is 14.3 Å². The molecule has 0 spiro atoms. The van der Waals surface area contributed by atoms with Gasteiger partial charge >= 0.3 is 5.97 Å². The minimum Gasteiger partial charge on any atom is -0.454 e. The fraction of sp³-hybridized carbons (Fsp3) is 0.333. The van der Waals surface area contributed by atoms with Crippen molar-refractivity contribution in [3.8, 4) is 0 Å². The molecule has 31 heavy (non-hydrogen) atoms. The predicted molar refractivity (Wildman–Crippen MR) is 120 cm³/mol. The zero-order valence-electron chi connectivity index (χ0n) is 17.6. The van der Waals surface area contributed by atoms with E-state index < -0.39 is 12.0 Å². The lowest BCUT2D eigenvalue weighted by Crippen LogP contribution is -2.47. The standard InChI is InChI=1S/C24H26N4O3/c1-2-27(20-13-7-10-18-9-3-4-11-19(18)20)22(29)17-31-23(30)21-12-5-6-16-28(21)24-25-14-8-15-26-24/h3-4,7-11,13-15,21H,2,5-6,12,16-17H2,1H3. The summed E-state index contributed by atoms with van der Waals surface area (Å²) in [6, 6.07) is 15.1. The van der Waals surface area contributed by atoms with Gasteiger partial charge in [-0.3, -0.25) is 4.79 Å². The van der Waals surface area contributed by atoms with Crippen LogP contribution in [0.5, 0.6) is 0 Å². The number of carbonyl (C=O) groups excluding carboxylic acids is 2. The first kappa shape index (κ1) is 20.8. The van der Waals surface area contributed by atoms with Crippen LogP contribution in [-0.4, -0.2) is 47.6 Å². The fourth-order valence-corrected chi connectivity index (χ4v) is 4.09. The van der Waals surface area contributed by atoms with Gasteiger partial charge in [0.25, 0.3) is 5.91 Å². The maximum absolute atomic E-state index is 13.0. The number of hydrogen-bond donors (Lipinski definition) is 0. The Morgan fingerprint density at radius 1 is 1.06 bits per heavy atom. The highest BCUT2D eigenvalue weighted by molar-refractivity contribution is 6.04. The molecule has 2 aromatic carbocycles. The molecule has 7 nitrogen and oxygen atoms in total. The highest BCUT2D eigenvalue weighted by Crippen LogP contribution is 2.27. The third kappa shape index (κ3) is 4.50. The summed E-state index contributed by atoms with van der Waals surface area (Å²) in [6.07, 6.45) is 5.87. The van der Waals surface area contributed by atoms with Gasteiger partial charge in [0.15, 0.2) is 6.61 Å². The molecule has 1 fully saturated rings. The number of ether oxygens (including phenoxy) is 1. The molecule has 1 amide bonds. The van der Waals surface area contributed by atoms with Crippen molar-refractivity contribution in [2.75, 3.05) is 29.5 Å². The Bertz CT molecular complexity index is 1050. The second-order valence-corrected chi connectivity index (χ2v) is 7.50. The lowest BCUT2D eigenvalue weighted by molar-refractivity contribution is -0.149. The molecule has 1 aliphatic heterocycles. The molecule has 4 rings (SSSR count). The van der Waals surface area contributed by atoms with Crippen LogP contribution in [0.2, 0.25) is 0 Å². The first-order chi connectivity index (χ1) is 15.2. The number of piperidine rings is 1. The maximum atomic E-state index is 13.0. The van der Waals surface area contributed by atoms with Gasteiger partial charge in [0.05, 0.1) is 5.69 Å². The van der Waals surface area contributed by atoms with E-state index >= 15 is 0 Å². The average Bonchev–Trinajstić information content (AvgIpc) is 2.83. The zero-order valence-corrected chi connectivity index (χ0v) is 17.6. The topological polar surface area (TPSA) is 75.6 Å². The van der Waals surface area contributed by atoms with Gasteiger partial charge in [-0.2, -0.15) is 0 Å². The molecule has 0 N–H and O–H groups in total. The van der Waals surface area contributed by atoms with Crippen molar-refractivity contribution in [2.45, 2.75) is 32.2 Å². The van der Waals surface area contributed by atoms with Crippen molar-refractivity contribution in [3.63, 3.8) is 0 Å². The van der Waals surface area contributed by atoms with Crippen LogP contribution < -0.4 is 9.80 Å². The van der Waals surface area contributed by atoms with Gasteiger partial charge in [-0.05, 0) is 43.7 Å². The molecule has 2 heterocycles. The van der Waals surface area contributed by atoms with E-state index in [-0.39, 0.29) is 12.5 Å². The number of nitrogens with zero attached hydrogens (tertiary/aromatic N) is 4. The Morgan fingerprint density at radius 3 is 2.65 bits per heavy atom. The Labute approximate surface area is 181 Å². The van der Waals surface area contributed by atoms with Crippen molar-refractivity contribution in [1.82, 2.24) is 9.97 Å². The number of carbonyl (C=O) groups is 2. The third-order valence-electron chi connectivity index (χ3n) is 5.60. The molecule has 1 saturated heterocycles. The quantitative estimate of drug-likeness (QED) is 0.570. The van der Waals surface area contributed by atoms with Crippen LogP contribution >= 0.6 is 0 Å². The summed E-state index contributed by atoms with van der Waals surface area (Å²) in [4.78, 5) is 37.9. The lowest BCUT2D eigenvalue weighted by Gasteiger charge is -2.34. The Balaban J connectivity index is 1.46.